The first kappa shape index (κ1) is 22.4. The molecular weight excluding hydrogens is 395 g/mol. The topological polar surface area (TPSA) is 55.6 Å². The van der Waals surface area contributed by atoms with Gasteiger partial charge in [-0.3, -0.25) is 4.79 Å². The second-order valence-corrected chi connectivity index (χ2v) is 7.23. The van der Waals surface area contributed by atoms with E-state index in [4.69, 9.17) is 22.1 Å². The summed E-state index contributed by atoms with van der Waals surface area (Å²) in [5.74, 6) is -0.416. The molecule has 1 saturated heterocycles. The lowest BCUT2D eigenvalue weighted by molar-refractivity contribution is -0.122. The highest BCUT2D eigenvalue weighted by atomic mass is 35.5. The molecule has 1 aliphatic heterocycles. The minimum atomic E-state index is -0.416. The maximum Gasteiger partial charge on any atom is 0.243 e. The van der Waals surface area contributed by atoms with E-state index >= 15 is 0 Å². The lowest BCUT2D eigenvalue weighted by Gasteiger charge is -2.28. The molecule has 28 heavy (non-hydrogen) atoms. The van der Waals surface area contributed by atoms with Crippen molar-refractivity contribution in [2.45, 2.75) is 12.8 Å². The first-order valence-corrected chi connectivity index (χ1v) is 9.62. The number of carbonyl (C=O) groups is 1. The summed E-state index contributed by atoms with van der Waals surface area (Å²) >= 11 is 5.95. The molecule has 6 heteroatoms. The molecule has 1 heterocycles. The van der Waals surface area contributed by atoms with E-state index in [2.05, 4.69) is 35.2 Å². The third-order valence-electron chi connectivity index (χ3n) is 4.75. The van der Waals surface area contributed by atoms with E-state index in [-0.39, 0.29) is 19.0 Å². The van der Waals surface area contributed by atoms with Crippen LogP contribution in [0.15, 0.2) is 54.1 Å². The van der Waals surface area contributed by atoms with E-state index in [0.717, 1.165) is 37.5 Å². The number of ether oxygens (including phenoxy) is 1. The molecule has 2 aromatic rings. The number of primary amides is 1. The summed E-state index contributed by atoms with van der Waals surface area (Å²) < 4.78 is 5.24. The first-order chi connectivity index (χ1) is 13.1. The Hall–Kier alpha value is -1.85. The van der Waals surface area contributed by atoms with Crippen molar-refractivity contribution in [1.29, 1.82) is 0 Å². The SMILES string of the molecule is Cl.NC(=O)COCCN1CCC(=Cc2ccc(-c3ccc(Cl)cc3)cc2)CC1. The minimum Gasteiger partial charge on any atom is -0.370 e. The molecule has 0 bridgehead atoms. The smallest absolute Gasteiger partial charge is 0.243 e. The van der Waals surface area contributed by atoms with Crippen LogP contribution in [0.4, 0.5) is 0 Å². The third kappa shape index (κ3) is 6.95. The standard InChI is InChI=1S/C22H25ClN2O2.ClH/c23-21-7-5-20(6-8-21)19-3-1-17(2-4-19)15-18-9-11-25(12-10-18)13-14-27-16-22(24)26;/h1-8,15H,9-14,16H2,(H2,24,26);1H. The molecule has 2 N–H and O–H groups in total. The lowest BCUT2D eigenvalue weighted by atomic mass is 9.99. The Morgan fingerprint density at radius 2 is 1.61 bits per heavy atom. The van der Waals surface area contributed by atoms with Crippen LogP contribution in [0.5, 0.6) is 0 Å². The molecule has 0 atom stereocenters. The highest BCUT2D eigenvalue weighted by molar-refractivity contribution is 6.30. The number of carbonyl (C=O) groups excluding carboxylic acids is 1. The predicted molar refractivity (Wildman–Crippen MR) is 118 cm³/mol. The Bertz CT molecular complexity index is 779. The highest BCUT2D eigenvalue weighted by Crippen LogP contribution is 2.24. The summed E-state index contributed by atoms with van der Waals surface area (Å²) in [6.45, 7) is 3.44. The summed E-state index contributed by atoms with van der Waals surface area (Å²) in [4.78, 5) is 13.0. The van der Waals surface area contributed by atoms with Gasteiger partial charge in [-0.05, 0) is 41.7 Å². The monoisotopic (exact) mass is 420 g/mol. The van der Waals surface area contributed by atoms with Crippen molar-refractivity contribution in [2.75, 3.05) is 32.8 Å². The molecule has 4 nitrogen and oxygen atoms in total. The highest BCUT2D eigenvalue weighted by Gasteiger charge is 2.13. The van der Waals surface area contributed by atoms with Gasteiger partial charge in [0.2, 0.25) is 5.91 Å². The van der Waals surface area contributed by atoms with Gasteiger partial charge in [0.15, 0.2) is 0 Å². The van der Waals surface area contributed by atoms with Gasteiger partial charge in [0.05, 0.1) is 6.61 Å². The molecule has 0 radical (unpaired) electrons. The zero-order valence-corrected chi connectivity index (χ0v) is 17.3. The molecule has 0 saturated carbocycles. The van der Waals surface area contributed by atoms with Gasteiger partial charge in [0.1, 0.15) is 6.61 Å². The van der Waals surface area contributed by atoms with Gasteiger partial charge in [-0.15, -0.1) is 12.4 Å². The summed E-state index contributed by atoms with van der Waals surface area (Å²) in [6, 6.07) is 16.6. The normalized spacial score (nSPS) is 14.4. The zero-order valence-electron chi connectivity index (χ0n) is 15.8. The molecule has 0 aliphatic carbocycles. The molecule has 1 fully saturated rings. The quantitative estimate of drug-likeness (QED) is 0.674. The van der Waals surface area contributed by atoms with Crippen molar-refractivity contribution in [3.63, 3.8) is 0 Å². The number of hydrogen-bond donors (Lipinski definition) is 1. The van der Waals surface area contributed by atoms with Gasteiger partial charge >= 0.3 is 0 Å². The summed E-state index contributed by atoms with van der Waals surface area (Å²) in [7, 11) is 0. The van der Waals surface area contributed by atoms with E-state index in [1.54, 1.807) is 0 Å². The van der Waals surface area contributed by atoms with Crippen LogP contribution >= 0.6 is 24.0 Å². The largest absolute Gasteiger partial charge is 0.370 e. The number of hydrogen-bond acceptors (Lipinski definition) is 3. The van der Waals surface area contributed by atoms with Gasteiger partial charge in [-0.2, -0.15) is 0 Å². The number of rotatable bonds is 7. The number of nitrogens with zero attached hydrogens (tertiary/aromatic N) is 1. The van der Waals surface area contributed by atoms with Crippen LogP contribution in [0, 0.1) is 0 Å². The zero-order chi connectivity index (χ0) is 19.1. The number of likely N-dealkylation sites (tertiary alicyclic amines) is 1. The van der Waals surface area contributed by atoms with Crippen molar-refractivity contribution >= 4 is 36.0 Å². The van der Waals surface area contributed by atoms with Crippen LogP contribution in [0.2, 0.25) is 5.02 Å². The van der Waals surface area contributed by atoms with Crippen LogP contribution in [0.1, 0.15) is 18.4 Å². The Kier molecular flexibility index (Phi) is 9.00. The van der Waals surface area contributed by atoms with Gasteiger partial charge in [0, 0.05) is 24.7 Å². The Morgan fingerprint density at radius 1 is 1.04 bits per heavy atom. The van der Waals surface area contributed by atoms with Gasteiger partial charge < -0.3 is 15.4 Å². The van der Waals surface area contributed by atoms with Crippen molar-refractivity contribution in [3.8, 4) is 11.1 Å². The second-order valence-electron chi connectivity index (χ2n) is 6.79. The van der Waals surface area contributed by atoms with Crippen LogP contribution in [-0.2, 0) is 9.53 Å². The fourth-order valence-electron chi connectivity index (χ4n) is 3.22. The Labute approximate surface area is 177 Å². The fourth-order valence-corrected chi connectivity index (χ4v) is 3.35. The first-order valence-electron chi connectivity index (χ1n) is 9.24. The molecule has 1 aliphatic rings. The molecule has 3 rings (SSSR count). The molecule has 0 spiro atoms. The van der Waals surface area contributed by atoms with Gasteiger partial charge in [-0.25, -0.2) is 0 Å². The average Bonchev–Trinajstić information content (AvgIpc) is 2.68. The number of amides is 1. The van der Waals surface area contributed by atoms with Crippen LogP contribution in [0.25, 0.3) is 17.2 Å². The Morgan fingerprint density at radius 3 is 2.18 bits per heavy atom. The van der Waals surface area contributed by atoms with Crippen molar-refractivity contribution in [1.82, 2.24) is 4.90 Å². The lowest BCUT2D eigenvalue weighted by Crippen LogP contribution is -2.34. The van der Waals surface area contributed by atoms with Crippen molar-refractivity contribution in [2.24, 2.45) is 5.73 Å². The third-order valence-corrected chi connectivity index (χ3v) is 5.01. The van der Waals surface area contributed by atoms with Crippen LogP contribution < -0.4 is 5.73 Å². The number of piperidine rings is 1. The summed E-state index contributed by atoms with van der Waals surface area (Å²) in [5, 5.41) is 0.755. The van der Waals surface area contributed by atoms with Crippen LogP contribution in [-0.4, -0.2) is 43.7 Å². The van der Waals surface area contributed by atoms with Gasteiger partial charge in [-0.1, -0.05) is 59.6 Å². The van der Waals surface area contributed by atoms with E-state index in [9.17, 15) is 4.79 Å². The Balaban J connectivity index is 0.00000280. The van der Waals surface area contributed by atoms with E-state index in [1.807, 2.05) is 24.3 Å². The molecule has 1 amide bonds. The van der Waals surface area contributed by atoms with E-state index < -0.39 is 5.91 Å². The van der Waals surface area contributed by atoms with E-state index in [1.165, 1.54) is 22.3 Å². The second kappa shape index (κ2) is 11.2. The summed E-state index contributed by atoms with van der Waals surface area (Å²) in [5.41, 5.74) is 10.1. The number of halogens is 2. The van der Waals surface area contributed by atoms with Gasteiger partial charge in [0.25, 0.3) is 0 Å². The van der Waals surface area contributed by atoms with Crippen molar-refractivity contribution < 1.29 is 9.53 Å². The molecule has 2 aromatic carbocycles. The maximum absolute atomic E-state index is 10.7. The molecule has 0 aromatic heterocycles. The average molecular weight is 421 g/mol. The molecule has 0 unspecified atom stereocenters. The number of nitrogens with two attached hydrogens (primary N) is 1. The van der Waals surface area contributed by atoms with Crippen molar-refractivity contribution in [3.05, 3.63) is 64.7 Å². The predicted octanol–water partition coefficient (Wildman–Crippen LogP) is 4.41. The van der Waals surface area contributed by atoms with Crippen LogP contribution in [0.3, 0.4) is 0 Å². The molecule has 150 valence electrons. The molecular formula is C22H26Cl2N2O2. The summed E-state index contributed by atoms with van der Waals surface area (Å²) in [6.07, 6.45) is 4.43. The maximum atomic E-state index is 10.7. The fraction of sp³-hybridized carbons (Fsp3) is 0.318. The number of benzene rings is 2. The van der Waals surface area contributed by atoms with E-state index in [0.29, 0.717) is 6.61 Å². The minimum absolute atomic E-state index is 0.